The number of imide groups is 2. The Morgan fingerprint density at radius 1 is 0.848 bits per heavy atom. The number of urea groups is 1. The van der Waals surface area contributed by atoms with Crippen molar-refractivity contribution in [2.75, 3.05) is 4.90 Å². The average molecular weight is 527 g/mol. The summed E-state index contributed by atoms with van der Waals surface area (Å²) in [4.78, 5) is 38.6. The van der Waals surface area contributed by atoms with Gasteiger partial charge in [0.1, 0.15) is 16.2 Å². The number of amides is 4. The number of nitrogens with one attached hydrogen (secondary N) is 1. The van der Waals surface area contributed by atoms with Crippen molar-refractivity contribution in [1.29, 1.82) is 0 Å². The normalized spacial score (nSPS) is 15.5. The molecule has 0 atom stereocenters. The smallest absolute Gasteiger partial charge is 0.339 e. The maximum absolute atomic E-state index is 13.1. The van der Waals surface area contributed by atoms with Crippen LogP contribution >= 0.6 is 15.9 Å². The van der Waals surface area contributed by atoms with Gasteiger partial charge in [0, 0.05) is 10.0 Å². The molecular formula is C23H15BrN2O6S. The topological polar surface area (TPSA) is 110 Å². The molecule has 1 aliphatic heterocycles. The van der Waals surface area contributed by atoms with Crippen LogP contribution in [0.4, 0.5) is 10.5 Å². The Hall–Kier alpha value is -3.76. The molecule has 3 aromatic carbocycles. The van der Waals surface area contributed by atoms with E-state index >= 15 is 0 Å². The molecule has 33 heavy (non-hydrogen) atoms. The first-order valence-electron chi connectivity index (χ1n) is 9.52. The number of hydrogen-bond donors (Lipinski definition) is 1. The fourth-order valence-corrected chi connectivity index (χ4v) is 4.31. The van der Waals surface area contributed by atoms with Gasteiger partial charge in [0.05, 0.1) is 5.69 Å². The highest BCUT2D eigenvalue weighted by molar-refractivity contribution is 9.10. The van der Waals surface area contributed by atoms with E-state index in [0.29, 0.717) is 0 Å². The Morgan fingerprint density at radius 3 is 2.18 bits per heavy atom. The number of para-hydroxylation sites is 1. The van der Waals surface area contributed by atoms with Crippen molar-refractivity contribution in [2.24, 2.45) is 0 Å². The Balaban J connectivity index is 1.71. The van der Waals surface area contributed by atoms with Crippen molar-refractivity contribution in [3.63, 3.8) is 0 Å². The SMILES string of the molecule is O=C1NC(=O)N(c2ccc(Br)cc2)C(=O)/C1=C/c1ccccc1OS(=O)(=O)c1ccccc1. The molecule has 4 amide bonds. The quantitative estimate of drug-likeness (QED) is 0.307. The van der Waals surface area contributed by atoms with Crippen molar-refractivity contribution < 1.29 is 27.0 Å². The summed E-state index contributed by atoms with van der Waals surface area (Å²) in [6.45, 7) is 0. The van der Waals surface area contributed by atoms with E-state index < -0.39 is 28.0 Å². The summed E-state index contributed by atoms with van der Waals surface area (Å²) in [5.74, 6) is -1.84. The Bertz CT molecular complexity index is 1390. The molecule has 0 aliphatic carbocycles. The fourth-order valence-electron chi connectivity index (χ4n) is 3.07. The first-order chi connectivity index (χ1) is 15.8. The van der Waals surface area contributed by atoms with Gasteiger partial charge in [0.25, 0.3) is 11.8 Å². The van der Waals surface area contributed by atoms with Crippen LogP contribution in [0.3, 0.4) is 0 Å². The number of barbiturate groups is 1. The van der Waals surface area contributed by atoms with Crippen LogP contribution in [-0.4, -0.2) is 26.3 Å². The zero-order valence-electron chi connectivity index (χ0n) is 16.8. The lowest BCUT2D eigenvalue weighted by atomic mass is 10.1. The second-order valence-corrected chi connectivity index (χ2v) is 9.28. The number of hydrogen-bond acceptors (Lipinski definition) is 6. The molecule has 1 saturated heterocycles. The minimum Gasteiger partial charge on any atom is -0.378 e. The summed E-state index contributed by atoms with van der Waals surface area (Å²) in [5, 5.41) is 2.12. The first-order valence-corrected chi connectivity index (χ1v) is 11.7. The molecule has 0 unspecified atom stereocenters. The van der Waals surface area contributed by atoms with Gasteiger partial charge in [-0.25, -0.2) is 9.69 Å². The highest BCUT2D eigenvalue weighted by Crippen LogP contribution is 2.28. The third kappa shape index (κ3) is 4.71. The summed E-state index contributed by atoms with van der Waals surface area (Å²) in [6, 6.07) is 19.1. The van der Waals surface area contributed by atoms with Gasteiger partial charge in [0.15, 0.2) is 0 Å². The van der Waals surface area contributed by atoms with Crippen LogP contribution in [0, 0.1) is 0 Å². The standard InChI is InChI=1S/C23H15BrN2O6S/c24-16-10-12-17(13-11-16)26-22(28)19(21(27)25-23(26)29)14-15-6-4-5-9-20(15)32-33(30,31)18-7-2-1-3-8-18/h1-14H,(H,25,27,29)/b19-14+. The first kappa shape index (κ1) is 22.4. The lowest BCUT2D eigenvalue weighted by Gasteiger charge is -2.26. The Kier molecular flexibility index (Phi) is 6.12. The van der Waals surface area contributed by atoms with Crippen LogP contribution in [0.1, 0.15) is 5.56 Å². The fraction of sp³-hybridized carbons (Fsp3) is 0. The minimum absolute atomic E-state index is 0.0500. The molecule has 0 saturated carbocycles. The molecule has 8 nitrogen and oxygen atoms in total. The molecular weight excluding hydrogens is 512 g/mol. The molecule has 3 aromatic rings. The average Bonchev–Trinajstić information content (AvgIpc) is 2.79. The van der Waals surface area contributed by atoms with E-state index in [4.69, 9.17) is 4.18 Å². The molecule has 1 N–H and O–H groups in total. The third-order valence-electron chi connectivity index (χ3n) is 4.64. The van der Waals surface area contributed by atoms with E-state index in [-0.39, 0.29) is 27.5 Å². The number of rotatable bonds is 5. The monoisotopic (exact) mass is 526 g/mol. The van der Waals surface area contributed by atoms with Gasteiger partial charge in [0.2, 0.25) is 0 Å². The van der Waals surface area contributed by atoms with Gasteiger partial charge in [-0.3, -0.25) is 14.9 Å². The molecule has 0 aromatic heterocycles. The molecule has 1 aliphatic rings. The van der Waals surface area contributed by atoms with Crippen molar-refractivity contribution in [3.8, 4) is 5.75 Å². The van der Waals surface area contributed by atoms with Gasteiger partial charge in [-0.2, -0.15) is 8.42 Å². The molecule has 0 spiro atoms. The predicted octanol–water partition coefficient (Wildman–Crippen LogP) is 3.88. The van der Waals surface area contributed by atoms with Gasteiger partial charge in [-0.15, -0.1) is 0 Å². The zero-order valence-corrected chi connectivity index (χ0v) is 19.2. The maximum Gasteiger partial charge on any atom is 0.339 e. The summed E-state index contributed by atoms with van der Waals surface area (Å²) in [7, 11) is -4.15. The molecule has 0 bridgehead atoms. The van der Waals surface area contributed by atoms with Crippen LogP contribution in [0.25, 0.3) is 6.08 Å². The van der Waals surface area contributed by atoms with Crippen molar-refractivity contribution in [2.45, 2.75) is 4.90 Å². The van der Waals surface area contributed by atoms with Crippen molar-refractivity contribution in [3.05, 3.63) is 94.5 Å². The molecule has 4 rings (SSSR count). The molecule has 10 heteroatoms. The minimum atomic E-state index is -4.15. The Morgan fingerprint density at radius 2 is 1.48 bits per heavy atom. The van der Waals surface area contributed by atoms with E-state index in [2.05, 4.69) is 21.2 Å². The number of anilines is 1. The van der Waals surface area contributed by atoms with E-state index in [1.54, 1.807) is 54.6 Å². The second-order valence-electron chi connectivity index (χ2n) is 6.82. The highest BCUT2D eigenvalue weighted by Gasteiger charge is 2.37. The largest absolute Gasteiger partial charge is 0.378 e. The number of nitrogens with zero attached hydrogens (tertiary/aromatic N) is 1. The lowest BCUT2D eigenvalue weighted by molar-refractivity contribution is -0.122. The molecule has 0 radical (unpaired) electrons. The van der Waals surface area contributed by atoms with Crippen LogP contribution in [-0.2, 0) is 19.7 Å². The highest BCUT2D eigenvalue weighted by atomic mass is 79.9. The molecule has 1 heterocycles. The number of benzene rings is 3. The van der Waals surface area contributed by atoms with Crippen molar-refractivity contribution >= 4 is 55.7 Å². The van der Waals surface area contributed by atoms with Crippen LogP contribution in [0.5, 0.6) is 5.75 Å². The molecule has 1 fully saturated rings. The lowest BCUT2D eigenvalue weighted by Crippen LogP contribution is -2.54. The van der Waals surface area contributed by atoms with Crippen LogP contribution in [0.2, 0.25) is 0 Å². The van der Waals surface area contributed by atoms with Crippen LogP contribution < -0.4 is 14.4 Å². The van der Waals surface area contributed by atoms with Gasteiger partial charge in [-0.1, -0.05) is 52.3 Å². The maximum atomic E-state index is 13.1. The van der Waals surface area contributed by atoms with Crippen molar-refractivity contribution in [1.82, 2.24) is 5.32 Å². The summed E-state index contributed by atoms with van der Waals surface area (Å²) in [5.41, 5.74) is 0.0709. The zero-order chi connectivity index (χ0) is 23.6. The summed E-state index contributed by atoms with van der Waals surface area (Å²) in [6.07, 6.45) is 1.19. The van der Waals surface area contributed by atoms with E-state index in [1.807, 2.05) is 0 Å². The third-order valence-corrected chi connectivity index (χ3v) is 6.41. The second kappa shape index (κ2) is 9.00. The predicted molar refractivity (Wildman–Crippen MR) is 124 cm³/mol. The van der Waals surface area contributed by atoms with Gasteiger partial charge in [-0.05, 0) is 48.5 Å². The number of carbonyl (C=O) groups is 3. The van der Waals surface area contributed by atoms with E-state index in [9.17, 15) is 22.8 Å². The summed E-state index contributed by atoms with van der Waals surface area (Å²) >= 11 is 3.28. The van der Waals surface area contributed by atoms with Gasteiger partial charge >= 0.3 is 16.1 Å². The van der Waals surface area contributed by atoms with E-state index in [1.165, 1.54) is 30.3 Å². The number of carbonyl (C=O) groups excluding carboxylic acids is 3. The van der Waals surface area contributed by atoms with Crippen LogP contribution in [0.15, 0.2) is 93.8 Å². The summed E-state index contributed by atoms with van der Waals surface area (Å²) < 4.78 is 31.3. The van der Waals surface area contributed by atoms with E-state index in [0.717, 1.165) is 9.37 Å². The molecule has 166 valence electrons. The number of halogens is 1. The Labute approximate surface area is 197 Å². The van der Waals surface area contributed by atoms with Gasteiger partial charge < -0.3 is 4.18 Å².